The van der Waals surface area contributed by atoms with E-state index in [9.17, 15) is 19.6 Å². The first-order valence-electron chi connectivity index (χ1n) is 9.41. The van der Waals surface area contributed by atoms with Crippen molar-refractivity contribution in [1.29, 1.82) is 5.26 Å². The second-order valence-electron chi connectivity index (χ2n) is 6.48. The van der Waals surface area contributed by atoms with Gasteiger partial charge in [-0.05, 0) is 42.0 Å². The molecule has 31 heavy (non-hydrogen) atoms. The summed E-state index contributed by atoms with van der Waals surface area (Å²) in [5.41, 5.74) is 2.78. The Kier molecular flexibility index (Phi) is 6.76. The summed E-state index contributed by atoms with van der Waals surface area (Å²) in [6, 6.07) is 22.1. The van der Waals surface area contributed by atoms with Crippen LogP contribution in [-0.4, -0.2) is 31.4 Å². The quantitative estimate of drug-likeness (QED) is 0.602. The highest BCUT2D eigenvalue weighted by Crippen LogP contribution is 2.27. The van der Waals surface area contributed by atoms with Crippen molar-refractivity contribution < 1.29 is 19.1 Å². The van der Waals surface area contributed by atoms with Crippen molar-refractivity contribution >= 4 is 23.5 Å². The highest BCUT2D eigenvalue weighted by Gasteiger charge is 2.17. The zero-order valence-electron chi connectivity index (χ0n) is 16.7. The van der Waals surface area contributed by atoms with Gasteiger partial charge >= 0.3 is 5.97 Å². The first-order valence-corrected chi connectivity index (χ1v) is 9.41. The minimum atomic E-state index is -0.673. The topological polar surface area (TPSA) is 108 Å². The van der Waals surface area contributed by atoms with Gasteiger partial charge in [-0.2, -0.15) is 5.26 Å². The Labute approximate surface area is 179 Å². The Bertz CT molecular complexity index is 1160. The van der Waals surface area contributed by atoms with E-state index in [1.54, 1.807) is 72.8 Å². The number of rotatable bonds is 6. The number of nitrogens with zero attached hydrogens (tertiary/aromatic N) is 1. The number of carbonyl (C=O) groups excluding carboxylic acids is 3. The molecular weight excluding hydrogens is 394 g/mol. The van der Waals surface area contributed by atoms with Gasteiger partial charge in [-0.25, -0.2) is 4.79 Å². The van der Waals surface area contributed by atoms with Gasteiger partial charge in [0.15, 0.2) is 6.61 Å². The lowest BCUT2D eigenvalue weighted by Crippen LogP contribution is -2.21. The fraction of sp³-hybridized carbons (Fsp3) is 0.0833. The Hall–Kier alpha value is -4.44. The van der Waals surface area contributed by atoms with Crippen molar-refractivity contribution in [2.24, 2.45) is 0 Å². The first kappa shape index (κ1) is 21.3. The molecule has 0 saturated carbocycles. The van der Waals surface area contributed by atoms with E-state index in [0.717, 1.165) is 0 Å². The van der Waals surface area contributed by atoms with Gasteiger partial charge in [0.1, 0.15) is 0 Å². The number of amides is 2. The predicted octanol–water partition coefficient (Wildman–Crippen LogP) is 3.38. The molecule has 0 fully saturated rings. The van der Waals surface area contributed by atoms with Crippen molar-refractivity contribution in [3.63, 3.8) is 0 Å². The Balaban J connectivity index is 1.67. The van der Waals surface area contributed by atoms with Crippen molar-refractivity contribution in [1.82, 2.24) is 5.32 Å². The molecule has 0 radical (unpaired) electrons. The molecule has 3 aromatic rings. The number of esters is 1. The lowest BCUT2D eigenvalue weighted by molar-refractivity contribution is -0.119. The molecular formula is C24H19N3O4. The molecule has 0 aliphatic carbocycles. The minimum absolute atomic E-state index is 0.233. The third kappa shape index (κ3) is 5.14. The molecule has 3 rings (SSSR count). The van der Waals surface area contributed by atoms with Gasteiger partial charge in [-0.15, -0.1) is 0 Å². The summed E-state index contributed by atoms with van der Waals surface area (Å²) < 4.78 is 5.18. The maximum absolute atomic E-state index is 12.6. The Morgan fingerprint density at radius 3 is 2.23 bits per heavy atom. The third-order valence-corrected chi connectivity index (χ3v) is 4.48. The molecule has 0 aliphatic rings. The van der Waals surface area contributed by atoms with Crippen LogP contribution < -0.4 is 10.6 Å². The lowest BCUT2D eigenvalue weighted by atomic mass is 9.96. The van der Waals surface area contributed by atoms with Gasteiger partial charge in [-0.3, -0.25) is 9.59 Å². The van der Waals surface area contributed by atoms with E-state index in [1.165, 1.54) is 7.05 Å². The SMILES string of the molecule is CNC(=O)c1ccc(NC(=O)COC(=O)c2ccccc2-c2ccccc2C#N)cc1. The summed E-state index contributed by atoms with van der Waals surface area (Å²) in [5, 5.41) is 14.5. The molecule has 7 nitrogen and oxygen atoms in total. The van der Waals surface area contributed by atoms with Crippen LogP contribution in [0.1, 0.15) is 26.3 Å². The summed E-state index contributed by atoms with van der Waals surface area (Å²) in [6.07, 6.45) is 0. The largest absolute Gasteiger partial charge is 0.452 e. The normalized spacial score (nSPS) is 9.94. The van der Waals surface area contributed by atoms with Crippen LogP contribution in [-0.2, 0) is 9.53 Å². The lowest BCUT2D eigenvalue weighted by Gasteiger charge is -2.11. The number of nitrogens with one attached hydrogen (secondary N) is 2. The number of nitriles is 1. The smallest absolute Gasteiger partial charge is 0.339 e. The summed E-state index contributed by atoms with van der Waals surface area (Å²) in [4.78, 5) is 36.3. The fourth-order valence-corrected chi connectivity index (χ4v) is 2.97. The monoisotopic (exact) mass is 413 g/mol. The van der Waals surface area contributed by atoms with Crippen LogP contribution in [0.2, 0.25) is 0 Å². The van der Waals surface area contributed by atoms with E-state index >= 15 is 0 Å². The van der Waals surface area contributed by atoms with Gasteiger partial charge in [0.2, 0.25) is 0 Å². The molecule has 7 heteroatoms. The average molecular weight is 413 g/mol. The van der Waals surface area contributed by atoms with Crippen LogP contribution in [0.4, 0.5) is 5.69 Å². The van der Waals surface area contributed by atoms with Crippen LogP contribution in [0, 0.1) is 11.3 Å². The van der Waals surface area contributed by atoms with Crippen LogP contribution >= 0.6 is 0 Å². The Morgan fingerprint density at radius 1 is 0.903 bits per heavy atom. The number of ether oxygens (including phenoxy) is 1. The summed E-state index contributed by atoms with van der Waals surface area (Å²) in [6.45, 7) is -0.482. The maximum atomic E-state index is 12.6. The number of hydrogen-bond acceptors (Lipinski definition) is 5. The van der Waals surface area contributed by atoms with E-state index in [-0.39, 0.29) is 11.5 Å². The van der Waals surface area contributed by atoms with Crippen molar-refractivity contribution in [3.05, 3.63) is 89.5 Å². The molecule has 0 unspecified atom stereocenters. The molecule has 0 saturated heterocycles. The van der Waals surface area contributed by atoms with Crippen molar-refractivity contribution in [3.8, 4) is 17.2 Å². The average Bonchev–Trinajstić information content (AvgIpc) is 2.82. The molecule has 3 aromatic carbocycles. The van der Waals surface area contributed by atoms with E-state index in [0.29, 0.717) is 27.9 Å². The minimum Gasteiger partial charge on any atom is -0.452 e. The molecule has 0 spiro atoms. The predicted molar refractivity (Wildman–Crippen MR) is 115 cm³/mol. The van der Waals surface area contributed by atoms with Crippen LogP contribution in [0.15, 0.2) is 72.8 Å². The molecule has 0 aromatic heterocycles. The number of anilines is 1. The van der Waals surface area contributed by atoms with Gasteiger partial charge in [0, 0.05) is 23.9 Å². The zero-order valence-corrected chi connectivity index (χ0v) is 16.7. The second kappa shape index (κ2) is 9.85. The highest BCUT2D eigenvalue weighted by molar-refractivity contribution is 6.00. The van der Waals surface area contributed by atoms with Gasteiger partial charge in [0.25, 0.3) is 11.8 Å². The summed E-state index contributed by atoms with van der Waals surface area (Å²) in [5.74, 6) is -1.42. The van der Waals surface area contributed by atoms with E-state index in [1.807, 2.05) is 0 Å². The van der Waals surface area contributed by atoms with Crippen LogP contribution in [0.5, 0.6) is 0 Å². The van der Waals surface area contributed by atoms with E-state index < -0.39 is 18.5 Å². The van der Waals surface area contributed by atoms with Gasteiger partial charge in [-0.1, -0.05) is 36.4 Å². The summed E-state index contributed by atoms with van der Waals surface area (Å²) in [7, 11) is 1.53. The van der Waals surface area contributed by atoms with Gasteiger partial charge in [0.05, 0.1) is 17.2 Å². The molecule has 0 aliphatic heterocycles. The van der Waals surface area contributed by atoms with Gasteiger partial charge < -0.3 is 15.4 Å². The van der Waals surface area contributed by atoms with Crippen LogP contribution in [0.3, 0.4) is 0 Å². The standard InChI is InChI=1S/C24H19N3O4/c1-26-23(29)16-10-12-18(13-11-16)27-22(28)15-31-24(30)21-9-5-4-8-20(21)19-7-3-2-6-17(19)14-25/h2-13H,15H2,1H3,(H,26,29)(H,27,28). The summed E-state index contributed by atoms with van der Waals surface area (Å²) >= 11 is 0. The number of hydrogen-bond donors (Lipinski definition) is 2. The first-order chi connectivity index (χ1) is 15.0. The molecule has 0 bridgehead atoms. The molecule has 0 atom stereocenters. The van der Waals surface area contributed by atoms with Crippen LogP contribution in [0.25, 0.3) is 11.1 Å². The number of benzene rings is 3. The number of carbonyl (C=O) groups is 3. The fourth-order valence-electron chi connectivity index (χ4n) is 2.97. The van der Waals surface area contributed by atoms with Crippen molar-refractivity contribution in [2.75, 3.05) is 19.0 Å². The molecule has 2 amide bonds. The second-order valence-corrected chi connectivity index (χ2v) is 6.48. The maximum Gasteiger partial charge on any atom is 0.339 e. The molecule has 154 valence electrons. The Morgan fingerprint density at radius 2 is 1.55 bits per heavy atom. The highest BCUT2D eigenvalue weighted by atomic mass is 16.5. The third-order valence-electron chi connectivity index (χ3n) is 4.48. The van der Waals surface area contributed by atoms with E-state index in [2.05, 4.69) is 16.7 Å². The van der Waals surface area contributed by atoms with Crippen molar-refractivity contribution in [2.45, 2.75) is 0 Å². The molecule has 2 N–H and O–H groups in total. The van der Waals surface area contributed by atoms with E-state index in [4.69, 9.17) is 4.74 Å². The molecule has 0 heterocycles. The zero-order chi connectivity index (χ0) is 22.2.